The van der Waals surface area contributed by atoms with Gasteiger partial charge in [0, 0.05) is 41.3 Å². The number of aromatic amines is 1. The summed E-state index contributed by atoms with van der Waals surface area (Å²) in [6, 6.07) is 6.92. The van der Waals surface area contributed by atoms with Crippen LogP contribution in [-0.4, -0.2) is 39.1 Å². The highest BCUT2D eigenvalue weighted by Crippen LogP contribution is 2.49. The first-order valence-corrected chi connectivity index (χ1v) is 12.2. The number of rotatable bonds is 4. The lowest BCUT2D eigenvalue weighted by molar-refractivity contribution is -0.141. The highest BCUT2D eigenvalue weighted by molar-refractivity contribution is 6.00. The number of aryl methyl sites for hydroxylation is 1. The molecule has 4 aromatic rings. The number of hydrogen-bond donors (Lipinski definition) is 2. The second-order valence-corrected chi connectivity index (χ2v) is 9.92. The molecule has 182 valence electrons. The third kappa shape index (κ3) is 3.54. The highest BCUT2D eigenvalue weighted by atomic mass is 19.1. The monoisotopic (exact) mass is 479 g/mol. The van der Waals surface area contributed by atoms with E-state index in [0.717, 1.165) is 29.8 Å². The number of carbonyl (C=O) groups is 1. The van der Waals surface area contributed by atoms with Crippen LogP contribution in [0.25, 0.3) is 27.5 Å². The molecule has 0 radical (unpaired) electrons. The van der Waals surface area contributed by atoms with Gasteiger partial charge in [0.2, 0.25) is 0 Å². The first-order valence-electron chi connectivity index (χ1n) is 12.2. The molecule has 0 amide bonds. The number of nitrogens with one attached hydrogen (secondary N) is 1. The molecule has 0 spiro atoms. The second-order valence-electron chi connectivity index (χ2n) is 9.92. The van der Waals surface area contributed by atoms with Gasteiger partial charge >= 0.3 is 5.97 Å². The van der Waals surface area contributed by atoms with E-state index in [0.29, 0.717) is 59.8 Å². The van der Waals surface area contributed by atoms with E-state index in [-0.39, 0.29) is 23.5 Å². The van der Waals surface area contributed by atoms with Gasteiger partial charge in [-0.3, -0.25) is 9.89 Å². The molecule has 0 bridgehead atoms. The quantitative estimate of drug-likeness (QED) is 0.379. The Bertz CT molecular complexity index is 1450. The fourth-order valence-corrected chi connectivity index (χ4v) is 6.15. The summed E-state index contributed by atoms with van der Waals surface area (Å²) in [7, 11) is 0. The molecule has 1 aliphatic heterocycles. The van der Waals surface area contributed by atoms with Crippen LogP contribution in [0.5, 0.6) is 0 Å². The molecular weight excluding hydrogens is 452 g/mol. The maximum atomic E-state index is 16.2. The number of nitrogens with zero attached hydrogens (tertiary/aromatic N) is 2. The number of ether oxygens (including phenoxy) is 1. The minimum atomic E-state index is -0.797. The van der Waals surface area contributed by atoms with Crippen molar-refractivity contribution in [2.24, 2.45) is 5.92 Å². The van der Waals surface area contributed by atoms with Gasteiger partial charge in [-0.25, -0.2) is 8.78 Å². The first-order chi connectivity index (χ1) is 16.9. The molecule has 6 nitrogen and oxygen atoms in total. The topological polar surface area (TPSA) is 80.1 Å². The van der Waals surface area contributed by atoms with Crippen molar-refractivity contribution < 1.29 is 23.4 Å². The Balaban J connectivity index is 1.70. The zero-order valence-electron chi connectivity index (χ0n) is 19.5. The van der Waals surface area contributed by atoms with Crippen molar-refractivity contribution in [2.45, 2.75) is 50.9 Å². The number of fused-ring (bicyclic) bond motifs is 2. The minimum absolute atomic E-state index is 0.0749. The van der Waals surface area contributed by atoms with Gasteiger partial charge in [0.25, 0.3) is 0 Å². The van der Waals surface area contributed by atoms with Crippen LogP contribution in [0.4, 0.5) is 8.78 Å². The molecule has 2 N–H and O–H groups in total. The molecule has 6 rings (SSSR count). The lowest BCUT2D eigenvalue weighted by Crippen LogP contribution is -2.19. The van der Waals surface area contributed by atoms with Gasteiger partial charge in [0.1, 0.15) is 11.3 Å². The SMILES string of the molecule is Cc1cc(-n2c(C3CCOCC3)c([C@@H]3CCC(C(=O)O)C3)c3c(F)c4[nH]ncc4cc32)ccc1F. The molecule has 3 heterocycles. The zero-order chi connectivity index (χ0) is 24.3. The molecule has 35 heavy (non-hydrogen) atoms. The summed E-state index contributed by atoms with van der Waals surface area (Å²) in [5, 5.41) is 17.7. The summed E-state index contributed by atoms with van der Waals surface area (Å²) in [6.07, 6.45) is 4.93. The van der Waals surface area contributed by atoms with Gasteiger partial charge in [-0.2, -0.15) is 5.10 Å². The number of aromatic nitrogens is 3. The molecule has 2 aromatic carbocycles. The van der Waals surface area contributed by atoms with Crippen LogP contribution in [0.15, 0.2) is 30.5 Å². The van der Waals surface area contributed by atoms with E-state index in [2.05, 4.69) is 14.8 Å². The molecule has 1 saturated carbocycles. The molecular formula is C27H27F2N3O3. The van der Waals surface area contributed by atoms with E-state index in [4.69, 9.17) is 4.74 Å². The van der Waals surface area contributed by atoms with Crippen molar-refractivity contribution in [1.82, 2.24) is 14.8 Å². The molecule has 2 fully saturated rings. The summed E-state index contributed by atoms with van der Waals surface area (Å²) in [6.45, 7) is 2.95. The summed E-state index contributed by atoms with van der Waals surface area (Å²) in [5.74, 6) is -1.84. The Morgan fingerprint density at radius 1 is 1.14 bits per heavy atom. The molecule has 2 aromatic heterocycles. The molecule has 8 heteroatoms. The number of aliphatic carboxylic acids is 1. The Hall–Kier alpha value is -3.26. The van der Waals surface area contributed by atoms with Gasteiger partial charge in [-0.1, -0.05) is 0 Å². The number of hydrogen-bond acceptors (Lipinski definition) is 3. The van der Waals surface area contributed by atoms with E-state index < -0.39 is 11.9 Å². The Labute approximate surface area is 200 Å². The normalized spacial score (nSPS) is 21.3. The van der Waals surface area contributed by atoms with Crippen molar-refractivity contribution >= 4 is 27.8 Å². The highest BCUT2D eigenvalue weighted by Gasteiger charge is 2.38. The van der Waals surface area contributed by atoms with Crippen LogP contribution in [0.1, 0.15) is 60.8 Å². The summed E-state index contributed by atoms with van der Waals surface area (Å²) < 4.78 is 38.2. The smallest absolute Gasteiger partial charge is 0.306 e. The number of H-pyrrole nitrogens is 1. The summed E-state index contributed by atoms with van der Waals surface area (Å²) in [5.41, 5.74) is 4.24. The van der Waals surface area contributed by atoms with E-state index in [1.807, 2.05) is 6.07 Å². The summed E-state index contributed by atoms with van der Waals surface area (Å²) in [4.78, 5) is 11.8. The van der Waals surface area contributed by atoms with Crippen molar-refractivity contribution in [3.63, 3.8) is 0 Å². The molecule has 1 unspecified atom stereocenters. The lowest BCUT2D eigenvalue weighted by Gasteiger charge is -2.27. The van der Waals surface area contributed by atoms with Crippen LogP contribution in [-0.2, 0) is 9.53 Å². The minimum Gasteiger partial charge on any atom is -0.481 e. The van der Waals surface area contributed by atoms with E-state index in [1.165, 1.54) is 6.07 Å². The molecule has 2 atom stereocenters. The van der Waals surface area contributed by atoms with Crippen LogP contribution >= 0.6 is 0 Å². The van der Waals surface area contributed by atoms with Crippen LogP contribution < -0.4 is 0 Å². The maximum absolute atomic E-state index is 16.2. The average molecular weight is 480 g/mol. The Kier molecular flexibility index (Phi) is 5.36. The third-order valence-electron chi connectivity index (χ3n) is 7.88. The van der Waals surface area contributed by atoms with Gasteiger partial charge < -0.3 is 14.4 Å². The molecule has 1 saturated heterocycles. The number of benzene rings is 2. The van der Waals surface area contributed by atoms with Crippen molar-refractivity contribution in [2.75, 3.05) is 13.2 Å². The summed E-state index contributed by atoms with van der Waals surface area (Å²) >= 11 is 0. The first kappa shape index (κ1) is 22.2. The van der Waals surface area contributed by atoms with Gasteiger partial charge in [-0.05, 0) is 80.3 Å². The Morgan fingerprint density at radius 2 is 1.94 bits per heavy atom. The maximum Gasteiger partial charge on any atom is 0.306 e. The standard InChI is InChI=1S/C27H27F2N3O3/c1-14-10-19(4-5-20(14)28)32-21-12-18-13-30-31-25(18)24(29)23(21)22(16-2-3-17(11-16)27(33)34)26(32)15-6-8-35-9-7-15/h4-5,10,12-13,15-17H,2-3,6-9,11H2,1H3,(H,30,31)(H,33,34)/t16-,17?/m1/s1. The third-order valence-corrected chi connectivity index (χ3v) is 7.88. The number of halogens is 2. The number of carboxylic acid groups (broad SMARTS) is 1. The van der Waals surface area contributed by atoms with E-state index in [9.17, 15) is 14.3 Å². The molecule has 2 aliphatic rings. The largest absolute Gasteiger partial charge is 0.481 e. The van der Waals surface area contributed by atoms with E-state index >= 15 is 4.39 Å². The average Bonchev–Trinajstić information content (AvgIpc) is 3.59. The van der Waals surface area contributed by atoms with Crippen molar-refractivity contribution in [3.8, 4) is 5.69 Å². The second kappa shape index (κ2) is 8.45. The zero-order valence-corrected chi connectivity index (χ0v) is 19.5. The fourth-order valence-electron chi connectivity index (χ4n) is 6.15. The predicted octanol–water partition coefficient (Wildman–Crippen LogP) is 5.96. The van der Waals surface area contributed by atoms with Crippen LogP contribution in [0.3, 0.4) is 0 Å². The molecule has 1 aliphatic carbocycles. The van der Waals surface area contributed by atoms with Crippen LogP contribution in [0.2, 0.25) is 0 Å². The van der Waals surface area contributed by atoms with Crippen molar-refractivity contribution in [1.29, 1.82) is 0 Å². The van der Waals surface area contributed by atoms with E-state index in [1.54, 1.807) is 25.3 Å². The fraction of sp³-hybridized carbons (Fsp3) is 0.407. The van der Waals surface area contributed by atoms with Gasteiger partial charge in [-0.15, -0.1) is 0 Å². The Morgan fingerprint density at radius 3 is 2.66 bits per heavy atom. The number of carboxylic acids is 1. The van der Waals surface area contributed by atoms with Gasteiger partial charge in [0.05, 0.1) is 17.6 Å². The van der Waals surface area contributed by atoms with Gasteiger partial charge in [0.15, 0.2) is 5.82 Å². The lowest BCUT2D eigenvalue weighted by atomic mass is 9.86. The van der Waals surface area contributed by atoms with Crippen molar-refractivity contribution in [3.05, 3.63) is 58.9 Å². The van der Waals surface area contributed by atoms with Crippen LogP contribution in [0, 0.1) is 24.5 Å². The predicted molar refractivity (Wildman–Crippen MR) is 128 cm³/mol.